The molecule has 2 aliphatic rings. The largest absolute Gasteiger partial charge is 0.497 e. The third-order valence-electron chi connectivity index (χ3n) is 4.71. The molecule has 0 saturated carbocycles. The molecule has 0 bridgehead atoms. The van der Waals surface area contributed by atoms with Gasteiger partial charge in [-0.1, -0.05) is 36.4 Å². The van der Waals surface area contributed by atoms with Gasteiger partial charge in [0.05, 0.1) is 18.2 Å². The minimum Gasteiger partial charge on any atom is -0.497 e. The van der Waals surface area contributed by atoms with Crippen LogP contribution in [0.5, 0.6) is 5.75 Å². The third-order valence-corrected chi connectivity index (χ3v) is 4.71. The van der Waals surface area contributed by atoms with Crippen LogP contribution in [0, 0.1) is 0 Å². The molecule has 0 radical (unpaired) electrons. The lowest BCUT2D eigenvalue weighted by atomic mass is 9.71. The summed E-state index contributed by atoms with van der Waals surface area (Å²) in [6, 6.07) is 15.8. The summed E-state index contributed by atoms with van der Waals surface area (Å²) in [6.07, 6.45) is 5.41. The molecule has 1 spiro atoms. The van der Waals surface area contributed by atoms with Gasteiger partial charge in [0.25, 0.3) is 0 Å². The van der Waals surface area contributed by atoms with Gasteiger partial charge in [0.1, 0.15) is 5.75 Å². The van der Waals surface area contributed by atoms with Crippen LogP contribution < -0.4 is 4.74 Å². The third kappa shape index (κ3) is 2.20. The van der Waals surface area contributed by atoms with E-state index in [9.17, 15) is 4.79 Å². The summed E-state index contributed by atoms with van der Waals surface area (Å²) in [7, 11) is 1.64. The lowest BCUT2D eigenvalue weighted by Crippen LogP contribution is -2.29. The summed E-state index contributed by atoms with van der Waals surface area (Å²) in [5, 5.41) is 0. The first-order valence-electron chi connectivity index (χ1n) is 7.77. The second-order valence-electron chi connectivity index (χ2n) is 6.03. The van der Waals surface area contributed by atoms with Crippen molar-refractivity contribution >= 4 is 23.3 Å². The SMILES string of the molecule is COc1ccc(C2=CC3(C=Nc4ccccc43)CCC2=O)cc1. The normalized spacial score (nSPS) is 22.1. The molecule has 1 heterocycles. The van der Waals surface area contributed by atoms with Gasteiger partial charge >= 0.3 is 0 Å². The number of nitrogens with zero attached hydrogens (tertiary/aromatic N) is 1. The van der Waals surface area contributed by atoms with E-state index in [4.69, 9.17) is 4.74 Å². The van der Waals surface area contributed by atoms with E-state index in [1.54, 1.807) is 7.11 Å². The van der Waals surface area contributed by atoms with E-state index >= 15 is 0 Å². The fraction of sp³-hybridized carbons (Fsp3) is 0.200. The molecular formula is C20H17NO2. The molecule has 0 saturated heterocycles. The molecule has 3 heteroatoms. The monoisotopic (exact) mass is 303 g/mol. The number of ether oxygens (including phenoxy) is 1. The molecule has 1 unspecified atom stereocenters. The molecule has 0 fully saturated rings. The van der Waals surface area contributed by atoms with Crippen molar-refractivity contribution in [1.29, 1.82) is 0 Å². The number of carbonyl (C=O) groups is 1. The molecule has 23 heavy (non-hydrogen) atoms. The highest BCUT2D eigenvalue weighted by Crippen LogP contribution is 2.45. The van der Waals surface area contributed by atoms with E-state index in [0.717, 1.165) is 29.0 Å². The Bertz CT molecular complexity index is 833. The lowest BCUT2D eigenvalue weighted by molar-refractivity contribution is -0.114. The van der Waals surface area contributed by atoms with Gasteiger partial charge in [-0.05, 0) is 35.7 Å². The predicted octanol–water partition coefficient (Wildman–Crippen LogP) is 4.10. The number of methoxy groups -OCH3 is 1. The predicted molar refractivity (Wildman–Crippen MR) is 91.5 cm³/mol. The van der Waals surface area contributed by atoms with Gasteiger partial charge in [-0.2, -0.15) is 0 Å². The number of para-hydroxylation sites is 1. The van der Waals surface area contributed by atoms with E-state index in [2.05, 4.69) is 17.1 Å². The lowest BCUT2D eigenvalue weighted by Gasteiger charge is -2.29. The van der Waals surface area contributed by atoms with Crippen molar-refractivity contribution in [2.75, 3.05) is 7.11 Å². The highest BCUT2D eigenvalue weighted by molar-refractivity contribution is 6.22. The fourth-order valence-corrected chi connectivity index (χ4v) is 3.43. The van der Waals surface area contributed by atoms with Gasteiger partial charge in [0.15, 0.2) is 5.78 Å². The number of hydrogen-bond donors (Lipinski definition) is 0. The van der Waals surface area contributed by atoms with Crippen molar-refractivity contribution in [2.45, 2.75) is 18.3 Å². The number of benzene rings is 2. The van der Waals surface area contributed by atoms with E-state index in [1.165, 1.54) is 5.56 Å². The number of rotatable bonds is 2. The van der Waals surface area contributed by atoms with Gasteiger partial charge in [-0.25, -0.2) is 0 Å². The molecule has 1 aliphatic carbocycles. The van der Waals surface area contributed by atoms with E-state index in [1.807, 2.05) is 48.7 Å². The maximum atomic E-state index is 12.5. The molecule has 0 aromatic heterocycles. The van der Waals surface area contributed by atoms with Crippen LogP contribution in [0.15, 0.2) is 59.6 Å². The Morgan fingerprint density at radius 1 is 1.09 bits per heavy atom. The number of Topliss-reactive ketones (excluding diaryl/α,β-unsaturated/α-hetero) is 1. The standard InChI is InChI=1S/C20H17NO2/c1-23-15-8-6-14(7-9-15)16-12-20(11-10-19(16)22)13-21-18-5-3-2-4-17(18)20/h2-9,12-13H,10-11H2,1H3. The Kier molecular flexibility index (Phi) is 3.15. The number of fused-ring (bicyclic) bond motifs is 2. The van der Waals surface area contributed by atoms with Crippen LogP contribution in [-0.2, 0) is 10.2 Å². The first kappa shape index (κ1) is 13.9. The maximum Gasteiger partial charge on any atom is 0.163 e. The van der Waals surface area contributed by atoms with Crippen LogP contribution in [0.2, 0.25) is 0 Å². The average molecular weight is 303 g/mol. The Morgan fingerprint density at radius 3 is 2.65 bits per heavy atom. The summed E-state index contributed by atoms with van der Waals surface area (Å²) < 4.78 is 5.20. The molecule has 1 aliphatic heterocycles. The second kappa shape index (κ2) is 5.20. The molecule has 0 amide bonds. The smallest absolute Gasteiger partial charge is 0.163 e. The molecule has 4 rings (SSSR count). The Labute approximate surface area is 135 Å². The summed E-state index contributed by atoms with van der Waals surface area (Å²) in [5.41, 5.74) is 3.67. The van der Waals surface area contributed by atoms with Gasteiger partial charge in [-0.3, -0.25) is 9.79 Å². The highest BCUT2D eigenvalue weighted by atomic mass is 16.5. The van der Waals surface area contributed by atoms with E-state index in [-0.39, 0.29) is 11.2 Å². The highest BCUT2D eigenvalue weighted by Gasteiger charge is 2.38. The van der Waals surface area contributed by atoms with Crippen molar-refractivity contribution in [1.82, 2.24) is 0 Å². The topological polar surface area (TPSA) is 38.7 Å². The minimum absolute atomic E-state index is 0.193. The van der Waals surface area contributed by atoms with Crippen LogP contribution in [0.25, 0.3) is 5.57 Å². The first-order valence-corrected chi connectivity index (χ1v) is 7.77. The van der Waals surface area contributed by atoms with Crippen molar-refractivity contribution in [2.24, 2.45) is 4.99 Å². The van der Waals surface area contributed by atoms with Crippen LogP contribution in [0.1, 0.15) is 24.0 Å². The molecule has 114 valence electrons. The number of aliphatic imine (C=N–C) groups is 1. The molecule has 2 aromatic carbocycles. The van der Waals surface area contributed by atoms with Crippen molar-refractivity contribution in [3.8, 4) is 5.75 Å². The van der Waals surface area contributed by atoms with Gasteiger partial charge < -0.3 is 4.74 Å². The van der Waals surface area contributed by atoms with E-state index < -0.39 is 0 Å². The van der Waals surface area contributed by atoms with Gasteiger partial charge in [0.2, 0.25) is 0 Å². The average Bonchev–Trinajstić information content (AvgIpc) is 2.96. The number of ketones is 1. The zero-order valence-corrected chi connectivity index (χ0v) is 13.0. The number of carbonyl (C=O) groups excluding carboxylic acids is 1. The Hall–Kier alpha value is -2.68. The summed E-state index contributed by atoms with van der Waals surface area (Å²) >= 11 is 0. The van der Waals surface area contributed by atoms with E-state index in [0.29, 0.717) is 6.42 Å². The molecular weight excluding hydrogens is 286 g/mol. The van der Waals surface area contributed by atoms with Crippen molar-refractivity contribution in [3.63, 3.8) is 0 Å². The summed E-state index contributed by atoms with van der Waals surface area (Å²) in [5.74, 6) is 0.985. The molecule has 1 atom stereocenters. The second-order valence-corrected chi connectivity index (χ2v) is 6.03. The van der Waals surface area contributed by atoms with Crippen LogP contribution in [-0.4, -0.2) is 19.1 Å². The Morgan fingerprint density at radius 2 is 1.87 bits per heavy atom. The van der Waals surface area contributed by atoms with Gasteiger partial charge in [-0.15, -0.1) is 0 Å². The Balaban J connectivity index is 1.81. The number of hydrogen-bond acceptors (Lipinski definition) is 3. The van der Waals surface area contributed by atoms with Crippen LogP contribution in [0.3, 0.4) is 0 Å². The zero-order chi connectivity index (χ0) is 15.9. The van der Waals surface area contributed by atoms with Crippen LogP contribution >= 0.6 is 0 Å². The number of allylic oxidation sites excluding steroid dienone is 2. The quantitative estimate of drug-likeness (QED) is 0.838. The summed E-state index contributed by atoms with van der Waals surface area (Å²) in [6.45, 7) is 0. The maximum absolute atomic E-state index is 12.5. The van der Waals surface area contributed by atoms with Crippen LogP contribution in [0.4, 0.5) is 5.69 Å². The fourth-order valence-electron chi connectivity index (χ4n) is 3.43. The minimum atomic E-state index is -0.250. The molecule has 3 nitrogen and oxygen atoms in total. The van der Waals surface area contributed by atoms with Crippen molar-refractivity contribution < 1.29 is 9.53 Å². The zero-order valence-electron chi connectivity index (χ0n) is 13.0. The van der Waals surface area contributed by atoms with Crippen molar-refractivity contribution in [3.05, 3.63) is 65.7 Å². The first-order chi connectivity index (χ1) is 11.2. The van der Waals surface area contributed by atoms with Gasteiger partial charge in [0, 0.05) is 18.2 Å². The molecule has 2 aromatic rings. The summed E-state index contributed by atoms with van der Waals surface area (Å²) in [4.78, 5) is 17.0. The molecule has 0 N–H and O–H groups in total.